The van der Waals surface area contributed by atoms with Crippen molar-refractivity contribution in [2.24, 2.45) is 0 Å². The molecule has 8 nitrogen and oxygen atoms in total. The number of fused-ring (bicyclic) bond motifs is 1. The van der Waals surface area contributed by atoms with Crippen molar-refractivity contribution in [1.82, 2.24) is 20.2 Å². The number of hydrogen-bond acceptors (Lipinski definition) is 6. The Balaban J connectivity index is 1.28. The van der Waals surface area contributed by atoms with Crippen LogP contribution >= 0.6 is 11.3 Å². The van der Waals surface area contributed by atoms with E-state index in [0.29, 0.717) is 31.3 Å². The minimum absolute atomic E-state index is 0.238. The summed E-state index contributed by atoms with van der Waals surface area (Å²) in [5.41, 5.74) is 0.843. The van der Waals surface area contributed by atoms with Crippen LogP contribution in [0.5, 0.6) is 0 Å². The normalized spacial score (nSPS) is 15.2. The lowest BCUT2D eigenvalue weighted by Crippen LogP contribution is -2.54. The zero-order valence-corrected chi connectivity index (χ0v) is 16.9. The van der Waals surface area contributed by atoms with E-state index in [1.165, 1.54) is 11.3 Å². The molecule has 0 bridgehead atoms. The van der Waals surface area contributed by atoms with E-state index >= 15 is 0 Å². The summed E-state index contributed by atoms with van der Waals surface area (Å²) in [6.45, 7) is 4.24. The minimum atomic E-state index is -0.664. The maximum atomic E-state index is 12.5. The number of hydrogen-bond donors (Lipinski definition) is 2. The van der Waals surface area contributed by atoms with Gasteiger partial charge in [-0.15, -0.1) is 0 Å². The minimum Gasteiger partial charge on any atom is -0.353 e. The molecule has 3 aromatic rings. The third-order valence-corrected chi connectivity index (χ3v) is 5.75. The van der Waals surface area contributed by atoms with Crippen molar-refractivity contribution in [3.63, 3.8) is 0 Å². The largest absolute Gasteiger partial charge is 0.353 e. The number of para-hydroxylation sites is 1. The molecule has 0 unspecified atom stereocenters. The molecular formula is C20H22N6O2S. The summed E-state index contributed by atoms with van der Waals surface area (Å²) in [7, 11) is 0. The number of aromatic nitrogens is 2. The second-order valence-electron chi connectivity index (χ2n) is 6.81. The number of anilines is 2. The molecule has 3 amide bonds. The highest BCUT2D eigenvalue weighted by molar-refractivity contribution is 7.22. The van der Waals surface area contributed by atoms with Gasteiger partial charge in [0, 0.05) is 32.4 Å². The molecule has 150 valence electrons. The Morgan fingerprint density at radius 2 is 1.83 bits per heavy atom. The Kier molecular flexibility index (Phi) is 5.57. The smallest absolute Gasteiger partial charge is 0.318 e. The van der Waals surface area contributed by atoms with Crippen LogP contribution in [0.25, 0.3) is 10.2 Å². The first-order valence-corrected chi connectivity index (χ1v) is 10.3. The molecule has 1 aliphatic rings. The summed E-state index contributed by atoms with van der Waals surface area (Å²) in [5, 5.41) is 6.09. The Bertz CT molecular complexity index is 967. The van der Waals surface area contributed by atoms with Crippen molar-refractivity contribution in [2.75, 3.05) is 36.4 Å². The second-order valence-corrected chi connectivity index (χ2v) is 7.84. The fourth-order valence-electron chi connectivity index (χ4n) is 3.16. The molecule has 29 heavy (non-hydrogen) atoms. The number of thiazole rings is 1. The number of urea groups is 1. The van der Waals surface area contributed by atoms with Crippen LogP contribution in [0.2, 0.25) is 0 Å². The van der Waals surface area contributed by atoms with Gasteiger partial charge < -0.3 is 20.4 Å². The lowest BCUT2D eigenvalue weighted by Gasteiger charge is -2.35. The second kappa shape index (κ2) is 8.44. The Labute approximate surface area is 172 Å². The SMILES string of the molecule is C[C@@H](NC(=O)N1CCN(c2ccccn2)CC1)C(=O)Nc1nc2ccccc2s1. The number of rotatable bonds is 4. The highest BCUT2D eigenvalue weighted by Crippen LogP contribution is 2.25. The highest BCUT2D eigenvalue weighted by atomic mass is 32.1. The van der Waals surface area contributed by atoms with Gasteiger partial charge in [-0.1, -0.05) is 29.5 Å². The topological polar surface area (TPSA) is 90.5 Å². The number of piperazine rings is 1. The quantitative estimate of drug-likeness (QED) is 0.690. The molecule has 1 aliphatic heterocycles. The Morgan fingerprint density at radius 1 is 1.07 bits per heavy atom. The molecule has 0 aliphatic carbocycles. The van der Waals surface area contributed by atoms with E-state index in [-0.39, 0.29) is 11.9 Å². The van der Waals surface area contributed by atoms with Crippen LogP contribution < -0.4 is 15.5 Å². The number of carbonyl (C=O) groups is 2. The standard InChI is InChI=1S/C20H22N6O2S/c1-14(18(27)24-19-23-15-6-2-3-7-16(15)29-19)22-20(28)26-12-10-25(11-13-26)17-8-4-5-9-21-17/h2-9,14H,10-13H2,1H3,(H,22,28)(H,23,24,27)/t14-/m1/s1. The summed E-state index contributed by atoms with van der Waals surface area (Å²) >= 11 is 1.41. The highest BCUT2D eigenvalue weighted by Gasteiger charge is 2.24. The fourth-order valence-corrected chi connectivity index (χ4v) is 4.03. The third-order valence-electron chi connectivity index (χ3n) is 4.80. The van der Waals surface area contributed by atoms with Crippen LogP contribution in [0.3, 0.4) is 0 Å². The van der Waals surface area contributed by atoms with E-state index in [2.05, 4.69) is 25.5 Å². The average Bonchev–Trinajstić information content (AvgIpc) is 3.16. The predicted octanol–water partition coefficient (Wildman–Crippen LogP) is 2.55. The van der Waals surface area contributed by atoms with Crippen LogP contribution in [0.1, 0.15) is 6.92 Å². The predicted molar refractivity (Wildman–Crippen MR) is 114 cm³/mol. The first-order chi connectivity index (χ1) is 14.1. The van der Waals surface area contributed by atoms with Crippen molar-refractivity contribution in [3.8, 4) is 0 Å². The molecule has 1 saturated heterocycles. The van der Waals surface area contributed by atoms with Gasteiger partial charge in [-0.3, -0.25) is 4.79 Å². The fraction of sp³-hybridized carbons (Fsp3) is 0.300. The third kappa shape index (κ3) is 4.45. The zero-order valence-electron chi connectivity index (χ0n) is 16.0. The molecular weight excluding hydrogens is 388 g/mol. The first-order valence-electron chi connectivity index (χ1n) is 9.48. The van der Waals surface area contributed by atoms with Crippen molar-refractivity contribution in [3.05, 3.63) is 48.7 Å². The van der Waals surface area contributed by atoms with Gasteiger partial charge in [0.1, 0.15) is 11.9 Å². The van der Waals surface area contributed by atoms with Gasteiger partial charge in [-0.25, -0.2) is 14.8 Å². The number of carbonyl (C=O) groups excluding carboxylic acids is 2. The van der Waals surface area contributed by atoms with Crippen molar-refractivity contribution < 1.29 is 9.59 Å². The number of nitrogens with one attached hydrogen (secondary N) is 2. The molecule has 2 aromatic heterocycles. The molecule has 1 atom stereocenters. The molecule has 0 saturated carbocycles. The van der Waals surface area contributed by atoms with Gasteiger partial charge in [0.05, 0.1) is 10.2 Å². The van der Waals surface area contributed by atoms with Crippen LogP contribution in [0, 0.1) is 0 Å². The summed E-state index contributed by atoms with van der Waals surface area (Å²) in [6, 6.07) is 12.6. The number of benzene rings is 1. The van der Waals surface area contributed by atoms with E-state index in [0.717, 1.165) is 16.0 Å². The monoisotopic (exact) mass is 410 g/mol. The Hall–Kier alpha value is -3.20. The van der Waals surface area contributed by atoms with E-state index in [1.807, 2.05) is 42.5 Å². The molecule has 9 heteroatoms. The van der Waals surface area contributed by atoms with Gasteiger partial charge in [0.25, 0.3) is 0 Å². The van der Waals surface area contributed by atoms with Crippen LogP contribution in [0.4, 0.5) is 15.7 Å². The number of amides is 3. The average molecular weight is 411 g/mol. The van der Waals surface area contributed by atoms with E-state index in [4.69, 9.17) is 0 Å². The molecule has 4 rings (SSSR count). The van der Waals surface area contributed by atoms with Gasteiger partial charge in [0.15, 0.2) is 5.13 Å². The molecule has 1 fully saturated rings. The van der Waals surface area contributed by atoms with E-state index < -0.39 is 6.04 Å². The van der Waals surface area contributed by atoms with Crippen LogP contribution in [-0.4, -0.2) is 59.0 Å². The van der Waals surface area contributed by atoms with Crippen LogP contribution in [-0.2, 0) is 4.79 Å². The molecule has 0 radical (unpaired) electrons. The van der Waals surface area contributed by atoms with Gasteiger partial charge in [0.2, 0.25) is 5.91 Å². The number of pyridine rings is 1. The van der Waals surface area contributed by atoms with Crippen molar-refractivity contribution in [1.29, 1.82) is 0 Å². The molecule has 0 spiro atoms. The maximum absolute atomic E-state index is 12.5. The maximum Gasteiger partial charge on any atom is 0.318 e. The van der Waals surface area contributed by atoms with E-state index in [1.54, 1.807) is 18.0 Å². The molecule has 1 aromatic carbocycles. The van der Waals surface area contributed by atoms with Crippen molar-refractivity contribution in [2.45, 2.75) is 13.0 Å². The summed E-state index contributed by atoms with van der Waals surface area (Å²) in [5.74, 6) is 0.626. The summed E-state index contributed by atoms with van der Waals surface area (Å²) in [4.78, 5) is 37.6. The number of nitrogens with zero attached hydrogens (tertiary/aromatic N) is 4. The van der Waals surface area contributed by atoms with Gasteiger partial charge in [-0.2, -0.15) is 0 Å². The van der Waals surface area contributed by atoms with Gasteiger partial charge in [-0.05, 0) is 31.2 Å². The first kappa shape index (κ1) is 19.1. The van der Waals surface area contributed by atoms with Crippen LogP contribution in [0.15, 0.2) is 48.7 Å². The Morgan fingerprint density at radius 3 is 2.55 bits per heavy atom. The van der Waals surface area contributed by atoms with Gasteiger partial charge >= 0.3 is 6.03 Å². The summed E-state index contributed by atoms with van der Waals surface area (Å²) < 4.78 is 1.00. The lowest BCUT2D eigenvalue weighted by atomic mass is 10.3. The molecule has 2 N–H and O–H groups in total. The van der Waals surface area contributed by atoms with Crippen molar-refractivity contribution >= 4 is 44.4 Å². The molecule has 3 heterocycles. The summed E-state index contributed by atoms with van der Waals surface area (Å²) in [6.07, 6.45) is 1.76. The van der Waals surface area contributed by atoms with E-state index in [9.17, 15) is 9.59 Å². The zero-order chi connectivity index (χ0) is 20.2. The lowest BCUT2D eigenvalue weighted by molar-refractivity contribution is -0.117.